The van der Waals surface area contributed by atoms with Crippen molar-refractivity contribution in [1.82, 2.24) is 4.72 Å². The molecule has 0 spiro atoms. The first-order valence-electron chi connectivity index (χ1n) is 5.96. The average molecular weight is 323 g/mol. The lowest BCUT2D eigenvalue weighted by molar-refractivity contribution is -0.139. The number of halogens is 2. The highest BCUT2D eigenvalue weighted by atomic mass is 32.2. The molecule has 1 rings (SSSR count). The van der Waals surface area contributed by atoms with E-state index in [1.54, 1.807) is 0 Å². The summed E-state index contributed by atoms with van der Waals surface area (Å²) in [5.74, 6) is -3.52. The minimum Gasteiger partial charge on any atom is -0.480 e. The van der Waals surface area contributed by atoms with Crippen LogP contribution in [0.15, 0.2) is 23.1 Å². The van der Waals surface area contributed by atoms with E-state index in [1.807, 2.05) is 4.72 Å². The molecule has 0 aliphatic rings. The maximum atomic E-state index is 13.0. The lowest BCUT2D eigenvalue weighted by atomic mass is 10.2. The van der Waals surface area contributed by atoms with Crippen molar-refractivity contribution in [2.24, 2.45) is 0 Å². The molecular weight excluding hydrogens is 308 g/mol. The molecule has 0 radical (unpaired) electrons. The number of ether oxygens (including phenoxy) is 1. The summed E-state index contributed by atoms with van der Waals surface area (Å²) in [5.41, 5.74) is 0. The highest BCUT2D eigenvalue weighted by Gasteiger charge is 2.25. The summed E-state index contributed by atoms with van der Waals surface area (Å²) in [6.07, 6.45) is 0.299. The molecule has 0 saturated carbocycles. The van der Waals surface area contributed by atoms with Gasteiger partial charge in [-0.1, -0.05) is 0 Å². The number of benzene rings is 1. The van der Waals surface area contributed by atoms with Crippen LogP contribution in [0.4, 0.5) is 8.78 Å². The van der Waals surface area contributed by atoms with Gasteiger partial charge in [-0.15, -0.1) is 0 Å². The van der Waals surface area contributed by atoms with Crippen LogP contribution in [0.3, 0.4) is 0 Å². The molecule has 1 aromatic rings. The van der Waals surface area contributed by atoms with Crippen molar-refractivity contribution in [3.63, 3.8) is 0 Å². The largest absolute Gasteiger partial charge is 0.480 e. The van der Waals surface area contributed by atoms with E-state index in [0.29, 0.717) is 24.6 Å². The van der Waals surface area contributed by atoms with Crippen LogP contribution in [0.2, 0.25) is 0 Å². The smallest absolute Gasteiger partial charge is 0.321 e. The van der Waals surface area contributed by atoms with Crippen molar-refractivity contribution in [3.05, 3.63) is 29.8 Å². The number of sulfonamides is 1. The number of hydrogen-bond acceptors (Lipinski definition) is 4. The summed E-state index contributed by atoms with van der Waals surface area (Å²) in [6.45, 7) is 0.264. The maximum Gasteiger partial charge on any atom is 0.321 e. The third kappa shape index (κ3) is 5.37. The van der Waals surface area contributed by atoms with Crippen LogP contribution in [-0.2, 0) is 19.6 Å². The van der Waals surface area contributed by atoms with E-state index in [0.717, 1.165) is 0 Å². The van der Waals surface area contributed by atoms with Gasteiger partial charge in [-0.05, 0) is 25.0 Å². The predicted octanol–water partition coefficient (Wildman–Crippen LogP) is 1.12. The molecule has 0 saturated heterocycles. The number of rotatable bonds is 8. The van der Waals surface area contributed by atoms with E-state index in [-0.39, 0.29) is 13.0 Å². The minimum absolute atomic E-state index is 0.0137. The summed E-state index contributed by atoms with van der Waals surface area (Å²) >= 11 is 0. The summed E-state index contributed by atoms with van der Waals surface area (Å²) < 4.78 is 56.6. The molecule has 0 fully saturated rings. The molecule has 0 bridgehead atoms. The van der Waals surface area contributed by atoms with Crippen molar-refractivity contribution >= 4 is 16.0 Å². The molecular formula is C12H15F2NO5S. The molecule has 9 heteroatoms. The molecule has 1 unspecified atom stereocenters. The summed E-state index contributed by atoms with van der Waals surface area (Å²) in [5, 5.41) is 8.98. The molecule has 0 heterocycles. The SMILES string of the molecule is COCCCC(NS(=O)(=O)c1cc(F)cc(F)c1)C(=O)O. The number of hydrogen-bond donors (Lipinski definition) is 2. The monoisotopic (exact) mass is 323 g/mol. The zero-order chi connectivity index (χ0) is 16.0. The fourth-order valence-corrected chi connectivity index (χ4v) is 2.87. The molecule has 21 heavy (non-hydrogen) atoms. The van der Waals surface area contributed by atoms with Gasteiger partial charge in [0.25, 0.3) is 0 Å². The number of methoxy groups -OCH3 is 1. The zero-order valence-corrected chi connectivity index (χ0v) is 12.0. The molecule has 0 aliphatic heterocycles. The Bertz CT molecular complexity index is 585. The molecule has 0 amide bonds. The van der Waals surface area contributed by atoms with E-state index >= 15 is 0 Å². The van der Waals surface area contributed by atoms with Gasteiger partial charge in [0.1, 0.15) is 17.7 Å². The lowest BCUT2D eigenvalue weighted by Crippen LogP contribution is -2.40. The molecule has 0 aromatic heterocycles. The third-order valence-electron chi connectivity index (χ3n) is 2.58. The Morgan fingerprint density at radius 3 is 2.38 bits per heavy atom. The fraction of sp³-hybridized carbons (Fsp3) is 0.417. The Morgan fingerprint density at radius 2 is 1.90 bits per heavy atom. The van der Waals surface area contributed by atoms with E-state index < -0.39 is 38.6 Å². The lowest BCUT2D eigenvalue weighted by Gasteiger charge is -2.14. The van der Waals surface area contributed by atoms with Gasteiger partial charge in [0.2, 0.25) is 10.0 Å². The van der Waals surface area contributed by atoms with Crippen molar-refractivity contribution in [3.8, 4) is 0 Å². The van der Waals surface area contributed by atoms with Crippen molar-refractivity contribution in [2.75, 3.05) is 13.7 Å². The summed E-state index contributed by atoms with van der Waals surface area (Å²) in [6, 6.07) is 0.335. The van der Waals surface area contributed by atoms with Crippen LogP contribution in [0.1, 0.15) is 12.8 Å². The van der Waals surface area contributed by atoms with Crippen LogP contribution in [0.5, 0.6) is 0 Å². The quantitative estimate of drug-likeness (QED) is 0.700. The van der Waals surface area contributed by atoms with Gasteiger partial charge >= 0.3 is 5.97 Å². The fourth-order valence-electron chi connectivity index (χ4n) is 1.60. The summed E-state index contributed by atoms with van der Waals surface area (Å²) in [7, 11) is -2.91. The van der Waals surface area contributed by atoms with Gasteiger partial charge in [-0.2, -0.15) is 4.72 Å². The van der Waals surface area contributed by atoms with E-state index in [2.05, 4.69) is 0 Å². The Kier molecular flexibility index (Phi) is 6.19. The van der Waals surface area contributed by atoms with Crippen LogP contribution in [0.25, 0.3) is 0 Å². The van der Waals surface area contributed by atoms with Gasteiger partial charge in [-0.25, -0.2) is 17.2 Å². The van der Waals surface area contributed by atoms with Gasteiger partial charge in [0.15, 0.2) is 0 Å². The van der Waals surface area contributed by atoms with Gasteiger partial charge < -0.3 is 9.84 Å². The molecule has 0 aliphatic carbocycles. The molecule has 118 valence electrons. The minimum atomic E-state index is -4.34. The number of carbonyl (C=O) groups is 1. The average Bonchev–Trinajstić information content (AvgIpc) is 2.36. The van der Waals surface area contributed by atoms with Crippen LogP contribution >= 0.6 is 0 Å². The first kappa shape index (κ1) is 17.5. The molecule has 1 atom stereocenters. The number of carboxylic acids is 1. The van der Waals surface area contributed by atoms with Gasteiger partial charge in [0.05, 0.1) is 4.90 Å². The topological polar surface area (TPSA) is 92.7 Å². The second kappa shape index (κ2) is 7.43. The highest BCUT2D eigenvalue weighted by Crippen LogP contribution is 2.14. The third-order valence-corrected chi connectivity index (χ3v) is 4.03. The zero-order valence-electron chi connectivity index (χ0n) is 11.2. The normalized spacial score (nSPS) is 13.1. The number of carboxylic acid groups (broad SMARTS) is 1. The Balaban J connectivity index is 2.92. The van der Waals surface area contributed by atoms with Crippen molar-refractivity contribution < 1.29 is 31.8 Å². The predicted molar refractivity (Wildman–Crippen MR) is 69.2 cm³/mol. The van der Waals surface area contributed by atoms with Crippen molar-refractivity contribution in [1.29, 1.82) is 0 Å². The van der Waals surface area contributed by atoms with E-state index in [9.17, 15) is 22.0 Å². The molecule has 1 aromatic carbocycles. The molecule has 6 nitrogen and oxygen atoms in total. The van der Waals surface area contributed by atoms with Crippen LogP contribution in [0, 0.1) is 11.6 Å². The van der Waals surface area contributed by atoms with Crippen LogP contribution in [-0.4, -0.2) is 39.3 Å². The van der Waals surface area contributed by atoms with Gasteiger partial charge in [-0.3, -0.25) is 4.79 Å². The number of aliphatic carboxylic acids is 1. The second-order valence-electron chi connectivity index (χ2n) is 4.25. The Hall–Kier alpha value is -1.58. The Labute approximate surface area is 120 Å². The first-order chi connectivity index (χ1) is 9.76. The van der Waals surface area contributed by atoms with Crippen molar-refractivity contribution in [2.45, 2.75) is 23.8 Å². The molecule has 2 N–H and O–H groups in total. The second-order valence-corrected chi connectivity index (χ2v) is 5.97. The number of nitrogens with one attached hydrogen (secondary N) is 1. The maximum absolute atomic E-state index is 13.0. The van der Waals surface area contributed by atoms with E-state index in [1.165, 1.54) is 7.11 Å². The Morgan fingerprint density at radius 1 is 1.33 bits per heavy atom. The van der Waals surface area contributed by atoms with E-state index in [4.69, 9.17) is 9.84 Å². The van der Waals surface area contributed by atoms with Crippen LogP contribution < -0.4 is 4.72 Å². The summed E-state index contributed by atoms with van der Waals surface area (Å²) in [4.78, 5) is 10.4. The van der Waals surface area contributed by atoms with Gasteiger partial charge in [0, 0.05) is 19.8 Å². The standard InChI is InChI=1S/C12H15F2NO5S/c1-20-4-2-3-11(12(16)17)15-21(18,19)10-6-8(13)5-9(14)7-10/h5-7,11,15H,2-4H2,1H3,(H,16,17). The first-order valence-corrected chi connectivity index (χ1v) is 7.45. The highest BCUT2D eigenvalue weighted by molar-refractivity contribution is 7.89.